The van der Waals surface area contributed by atoms with Crippen LogP contribution in [0.15, 0.2) is 60.0 Å². The van der Waals surface area contributed by atoms with Gasteiger partial charge < -0.3 is 0 Å². The molecule has 0 amide bonds. The third-order valence-corrected chi connectivity index (χ3v) is 3.36. The first-order valence-electron chi connectivity index (χ1n) is 5.64. The lowest BCUT2D eigenvalue weighted by molar-refractivity contribution is 0.105. The molecule has 0 spiro atoms. The van der Waals surface area contributed by atoms with Gasteiger partial charge in [0.25, 0.3) is 0 Å². The van der Waals surface area contributed by atoms with E-state index in [9.17, 15) is 4.79 Å². The molecule has 2 aromatic rings. The Bertz CT molecular complexity index is 483. The summed E-state index contributed by atoms with van der Waals surface area (Å²) >= 11 is 1.48. The number of hydrogen-bond donors (Lipinski definition) is 0. The second-order valence-electron chi connectivity index (χ2n) is 3.77. The van der Waals surface area contributed by atoms with E-state index in [1.165, 1.54) is 16.9 Å². The van der Waals surface area contributed by atoms with Crippen LogP contribution in [-0.4, -0.2) is 5.78 Å². The molecule has 0 aliphatic rings. The van der Waals surface area contributed by atoms with Crippen molar-refractivity contribution in [3.8, 4) is 0 Å². The van der Waals surface area contributed by atoms with E-state index < -0.39 is 0 Å². The Kier molecular flexibility index (Phi) is 4.28. The van der Waals surface area contributed by atoms with E-state index in [1.807, 2.05) is 41.8 Å². The predicted molar refractivity (Wildman–Crippen MR) is 72.6 cm³/mol. The smallest absolute Gasteiger partial charge is 0.195 e. The molecule has 0 aliphatic carbocycles. The first-order chi connectivity index (χ1) is 8.36. The third kappa shape index (κ3) is 3.68. The van der Waals surface area contributed by atoms with Crippen LogP contribution in [0.4, 0.5) is 0 Å². The lowest BCUT2D eigenvalue weighted by Gasteiger charge is -1.96. The van der Waals surface area contributed by atoms with E-state index in [-0.39, 0.29) is 5.78 Å². The fourth-order valence-corrected chi connectivity index (χ4v) is 2.23. The molecule has 86 valence electrons. The lowest BCUT2D eigenvalue weighted by atomic mass is 10.1. The summed E-state index contributed by atoms with van der Waals surface area (Å²) in [5, 5.41) is 1.92. The summed E-state index contributed by atoms with van der Waals surface area (Å²) in [6.45, 7) is 0. The van der Waals surface area contributed by atoms with Gasteiger partial charge in [-0.2, -0.15) is 0 Å². The Morgan fingerprint density at radius 3 is 2.65 bits per heavy atom. The summed E-state index contributed by atoms with van der Waals surface area (Å²) in [5.41, 5.74) is 1.31. The molecular weight excluding hydrogens is 228 g/mol. The normalized spacial score (nSPS) is 10.8. The maximum absolute atomic E-state index is 11.6. The van der Waals surface area contributed by atoms with E-state index in [1.54, 1.807) is 6.08 Å². The van der Waals surface area contributed by atoms with Crippen molar-refractivity contribution in [2.24, 2.45) is 0 Å². The molecular formula is C15H14OS. The van der Waals surface area contributed by atoms with E-state index >= 15 is 0 Å². The van der Waals surface area contributed by atoms with Crippen LogP contribution in [-0.2, 0) is 6.42 Å². The van der Waals surface area contributed by atoms with Gasteiger partial charge >= 0.3 is 0 Å². The van der Waals surface area contributed by atoms with Crippen LogP contribution in [0.25, 0.3) is 0 Å². The molecule has 0 bridgehead atoms. The number of rotatable bonds is 5. The number of ketones is 1. The van der Waals surface area contributed by atoms with Crippen molar-refractivity contribution in [1.82, 2.24) is 0 Å². The molecule has 2 heteroatoms. The third-order valence-electron chi connectivity index (χ3n) is 2.48. The molecule has 1 aromatic heterocycles. The molecule has 0 radical (unpaired) electrons. The van der Waals surface area contributed by atoms with Crippen LogP contribution in [0.5, 0.6) is 0 Å². The molecule has 2 rings (SSSR count). The zero-order chi connectivity index (χ0) is 11.9. The number of allylic oxidation sites excluding steroid dienone is 2. The van der Waals surface area contributed by atoms with Gasteiger partial charge in [0.05, 0.1) is 4.88 Å². The van der Waals surface area contributed by atoms with Gasteiger partial charge in [0.1, 0.15) is 0 Å². The quantitative estimate of drug-likeness (QED) is 0.569. The maximum Gasteiger partial charge on any atom is 0.195 e. The highest BCUT2D eigenvalue weighted by atomic mass is 32.1. The number of benzene rings is 1. The highest BCUT2D eigenvalue weighted by Gasteiger charge is 2.00. The van der Waals surface area contributed by atoms with Crippen molar-refractivity contribution in [3.05, 3.63) is 70.4 Å². The van der Waals surface area contributed by atoms with E-state index in [0.717, 1.165) is 17.7 Å². The van der Waals surface area contributed by atoms with Gasteiger partial charge in [0, 0.05) is 0 Å². The fraction of sp³-hybridized carbons (Fsp3) is 0.133. The standard InChI is InChI=1S/C15H14OS/c16-14(15-11-6-12-17-15)10-5-4-9-13-7-2-1-3-8-13/h1-3,5-8,10-12H,4,9H2/b10-5+. The lowest BCUT2D eigenvalue weighted by Crippen LogP contribution is -1.89. The van der Waals surface area contributed by atoms with Gasteiger partial charge in [-0.3, -0.25) is 4.79 Å². The minimum Gasteiger partial charge on any atom is -0.288 e. The van der Waals surface area contributed by atoms with Crippen molar-refractivity contribution in [2.75, 3.05) is 0 Å². The van der Waals surface area contributed by atoms with Crippen LogP contribution in [0, 0.1) is 0 Å². The summed E-state index contributed by atoms with van der Waals surface area (Å²) in [6.07, 6.45) is 5.51. The summed E-state index contributed by atoms with van der Waals surface area (Å²) in [5.74, 6) is 0.105. The van der Waals surface area contributed by atoms with Gasteiger partial charge in [-0.1, -0.05) is 42.5 Å². The summed E-state index contributed by atoms with van der Waals surface area (Å²) < 4.78 is 0. The number of carbonyl (C=O) groups excluding carboxylic acids is 1. The van der Waals surface area contributed by atoms with Gasteiger partial charge in [-0.25, -0.2) is 0 Å². The molecule has 0 saturated heterocycles. The molecule has 0 saturated carbocycles. The zero-order valence-corrected chi connectivity index (χ0v) is 10.3. The van der Waals surface area contributed by atoms with Crippen molar-refractivity contribution < 1.29 is 4.79 Å². The second-order valence-corrected chi connectivity index (χ2v) is 4.72. The molecule has 0 N–H and O–H groups in total. The summed E-state index contributed by atoms with van der Waals surface area (Å²) in [6, 6.07) is 14.1. The van der Waals surface area contributed by atoms with Crippen molar-refractivity contribution >= 4 is 17.1 Å². The zero-order valence-electron chi connectivity index (χ0n) is 9.50. The minimum atomic E-state index is 0.105. The largest absolute Gasteiger partial charge is 0.288 e. The van der Waals surface area contributed by atoms with Crippen molar-refractivity contribution in [3.63, 3.8) is 0 Å². The Morgan fingerprint density at radius 1 is 1.12 bits per heavy atom. The number of aryl methyl sites for hydroxylation is 1. The van der Waals surface area contributed by atoms with Crippen molar-refractivity contribution in [2.45, 2.75) is 12.8 Å². The van der Waals surface area contributed by atoms with Gasteiger partial charge in [-0.15, -0.1) is 11.3 Å². The molecule has 1 heterocycles. The number of hydrogen-bond acceptors (Lipinski definition) is 2. The molecule has 17 heavy (non-hydrogen) atoms. The average molecular weight is 242 g/mol. The van der Waals surface area contributed by atoms with Crippen molar-refractivity contribution in [1.29, 1.82) is 0 Å². The van der Waals surface area contributed by atoms with Crippen LogP contribution in [0.2, 0.25) is 0 Å². The monoisotopic (exact) mass is 242 g/mol. The van der Waals surface area contributed by atoms with E-state index in [0.29, 0.717) is 0 Å². The SMILES string of the molecule is O=C(/C=C/CCc1ccccc1)c1cccs1. The average Bonchev–Trinajstić information content (AvgIpc) is 2.89. The highest BCUT2D eigenvalue weighted by molar-refractivity contribution is 7.12. The summed E-state index contributed by atoms with van der Waals surface area (Å²) in [4.78, 5) is 12.4. The Labute approximate surface area is 105 Å². The molecule has 0 fully saturated rings. The maximum atomic E-state index is 11.6. The Morgan fingerprint density at radius 2 is 1.94 bits per heavy atom. The first kappa shape index (κ1) is 11.8. The second kappa shape index (κ2) is 6.16. The number of thiophene rings is 1. The molecule has 0 atom stereocenters. The molecule has 0 aliphatic heterocycles. The molecule has 1 aromatic carbocycles. The molecule has 1 nitrogen and oxygen atoms in total. The first-order valence-corrected chi connectivity index (χ1v) is 6.52. The highest BCUT2D eigenvalue weighted by Crippen LogP contribution is 2.10. The summed E-state index contributed by atoms with van der Waals surface area (Å²) in [7, 11) is 0. The minimum absolute atomic E-state index is 0.105. The molecule has 0 unspecified atom stereocenters. The fourth-order valence-electron chi connectivity index (χ4n) is 1.59. The topological polar surface area (TPSA) is 17.1 Å². The Hall–Kier alpha value is -1.67. The van der Waals surface area contributed by atoms with E-state index in [4.69, 9.17) is 0 Å². The predicted octanol–water partition coefficient (Wildman–Crippen LogP) is 4.12. The number of carbonyl (C=O) groups is 1. The van der Waals surface area contributed by atoms with Gasteiger partial charge in [0.15, 0.2) is 5.78 Å². The van der Waals surface area contributed by atoms with Gasteiger partial charge in [-0.05, 0) is 35.9 Å². The van der Waals surface area contributed by atoms with Crippen LogP contribution in [0.1, 0.15) is 21.7 Å². The Balaban J connectivity index is 1.81. The van der Waals surface area contributed by atoms with Gasteiger partial charge in [0.2, 0.25) is 0 Å². The van der Waals surface area contributed by atoms with E-state index in [2.05, 4.69) is 12.1 Å². The van der Waals surface area contributed by atoms with Crippen LogP contribution < -0.4 is 0 Å². The van der Waals surface area contributed by atoms with Crippen LogP contribution in [0.3, 0.4) is 0 Å². The van der Waals surface area contributed by atoms with Crippen LogP contribution >= 0.6 is 11.3 Å².